The van der Waals surface area contributed by atoms with Crippen molar-refractivity contribution in [2.24, 2.45) is 0 Å². The highest BCUT2D eigenvalue weighted by Gasteiger charge is 2.10. The number of hydrogen-bond donors (Lipinski definition) is 0. The van der Waals surface area contributed by atoms with Gasteiger partial charge in [-0.3, -0.25) is 4.90 Å². The fraction of sp³-hybridized carbons (Fsp3) is 0.857. The SMILES string of the molecule is O=C(Cl)OCN1CCCCC1. The molecule has 1 saturated heterocycles. The normalized spacial score (nSPS) is 19.7. The van der Waals surface area contributed by atoms with Crippen molar-refractivity contribution in [1.82, 2.24) is 4.90 Å². The van der Waals surface area contributed by atoms with Crippen LogP contribution in [0.5, 0.6) is 0 Å². The molecule has 1 aliphatic heterocycles. The van der Waals surface area contributed by atoms with Gasteiger partial charge in [0.15, 0.2) is 0 Å². The van der Waals surface area contributed by atoms with Gasteiger partial charge in [-0.25, -0.2) is 4.79 Å². The Hall–Kier alpha value is -0.280. The fourth-order valence-electron chi connectivity index (χ4n) is 1.23. The van der Waals surface area contributed by atoms with Crippen LogP contribution in [0.2, 0.25) is 0 Å². The topological polar surface area (TPSA) is 29.5 Å². The van der Waals surface area contributed by atoms with Crippen molar-refractivity contribution in [3.8, 4) is 0 Å². The van der Waals surface area contributed by atoms with Gasteiger partial charge in [-0.2, -0.15) is 0 Å². The van der Waals surface area contributed by atoms with Gasteiger partial charge in [-0.15, -0.1) is 0 Å². The Morgan fingerprint density at radius 2 is 2.00 bits per heavy atom. The Labute approximate surface area is 71.3 Å². The van der Waals surface area contributed by atoms with Crippen LogP contribution < -0.4 is 0 Å². The lowest BCUT2D eigenvalue weighted by Gasteiger charge is -2.24. The number of nitrogens with zero attached hydrogens (tertiary/aromatic N) is 1. The van der Waals surface area contributed by atoms with Crippen molar-refractivity contribution >= 4 is 17.0 Å². The molecule has 3 nitrogen and oxygen atoms in total. The molecule has 0 saturated carbocycles. The van der Waals surface area contributed by atoms with Crippen molar-refractivity contribution < 1.29 is 9.53 Å². The van der Waals surface area contributed by atoms with Crippen LogP contribution in [0.3, 0.4) is 0 Å². The number of hydrogen-bond acceptors (Lipinski definition) is 3. The average Bonchev–Trinajstić information content (AvgIpc) is 2.03. The Balaban J connectivity index is 2.09. The molecule has 0 radical (unpaired) electrons. The molecule has 11 heavy (non-hydrogen) atoms. The predicted octanol–water partition coefficient (Wildman–Crippen LogP) is 1.81. The third-order valence-corrected chi connectivity index (χ3v) is 1.92. The van der Waals surface area contributed by atoms with Gasteiger partial charge in [0.25, 0.3) is 0 Å². The molecule has 4 heteroatoms. The summed E-state index contributed by atoms with van der Waals surface area (Å²) in [4.78, 5) is 12.3. The van der Waals surface area contributed by atoms with Crippen LogP contribution in [0.4, 0.5) is 4.79 Å². The molecule has 0 atom stereocenters. The molecule has 1 fully saturated rings. The van der Waals surface area contributed by atoms with Crippen LogP contribution in [0.15, 0.2) is 0 Å². The molecule has 1 rings (SSSR count). The standard InChI is InChI=1S/C7H12ClNO2/c8-7(10)11-6-9-4-2-1-3-5-9/h1-6H2. The van der Waals surface area contributed by atoms with Crippen LogP contribution in [0.25, 0.3) is 0 Å². The second-order valence-corrected chi connectivity index (χ2v) is 3.00. The number of carbonyl (C=O) groups is 1. The smallest absolute Gasteiger partial charge is 0.405 e. The van der Waals surface area contributed by atoms with Crippen molar-refractivity contribution in [2.75, 3.05) is 19.8 Å². The number of halogens is 1. The monoisotopic (exact) mass is 177 g/mol. The van der Waals surface area contributed by atoms with E-state index in [0.29, 0.717) is 6.73 Å². The van der Waals surface area contributed by atoms with E-state index in [9.17, 15) is 4.79 Å². The summed E-state index contributed by atoms with van der Waals surface area (Å²) in [5.74, 6) is 0. The first-order chi connectivity index (χ1) is 5.29. The molecule has 0 aliphatic carbocycles. The van der Waals surface area contributed by atoms with Crippen LogP contribution in [0.1, 0.15) is 19.3 Å². The zero-order valence-electron chi connectivity index (χ0n) is 6.38. The third kappa shape index (κ3) is 3.58. The number of ether oxygens (including phenoxy) is 1. The van der Waals surface area contributed by atoms with Gasteiger partial charge >= 0.3 is 5.43 Å². The maximum Gasteiger partial charge on any atom is 0.405 e. The largest absolute Gasteiger partial charge is 0.438 e. The van der Waals surface area contributed by atoms with Gasteiger partial charge in [0, 0.05) is 24.7 Å². The second kappa shape index (κ2) is 4.57. The lowest BCUT2D eigenvalue weighted by Crippen LogP contribution is -2.32. The molecule has 1 aliphatic rings. The third-order valence-electron chi connectivity index (χ3n) is 1.81. The molecule has 0 bridgehead atoms. The predicted molar refractivity (Wildman–Crippen MR) is 42.6 cm³/mol. The molecule has 64 valence electrons. The van der Waals surface area contributed by atoms with Crippen molar-refractivity contribution in [3.05, 3.63) is 0 Å². The quantitative estimate of drug-likeness (QED) is 0.603. The van der Waals surface area contributed by atoms with Crippen molar-refractivity contribution in [2.45, 2.75) is 19.3 Å². The van der Waals surface area contributed by atoms with Gasteiger partial charge in [0.2, 0.25) is 0 Å². The van der Waals surface area contributed by atoms with Gasteiger partial charge < -0.3 is 4.74 Å². The Kier molecular flexibility index (Phi) is 3.66. The second-order valence-electron chi connectivity index (χ2n) is 2.69. The van der Waals surface area contributed by atoms with E-state index in [1.165, 1.54) is 19.3 Å². The first kappa shape index (κ1) is 8.81. The minimum absolute atomic E-state index is 0.350. The van der Waals surface area contributed by atoms with Gasteiger partial charge in [0.05, 0.1) is 0 Å². The highest BCUT2D eigenvalue weighted by Crippen LogP contribution is 2.08. The summed E-state index contributed by atoms with van der Waals surface area (Å²) < 4.78 is 4.63. The molecular formula is C7H12ClNO2. The minimum atomic E-state index is -0.712. The summed E-state index contributed by atoms with van der Waals surface area (Å²) in [5, 5.41) is 0. The molecule has 0 unspecified atom stereocenters. The fourth-order valence-corrected chi connectivity index (χ4v) is 1.28. The molecule has 0 amide bonds. The first-order valence-corrected chi connectivity index (χ1v) is 4.21. The van der Waals surface area contributed by atoms with Gasteiger partial charge in [-0.05, 0) is 12.8 Å². The van der Waals surface area contributed by atoms with E-state index in [1.54, 1.807) is 0 Å². The van der Waals surface area contributed by atoms with Gasteiger partial charge in [-0.1, -0.05) is 6.42 Å². The lowest BCUT2D eigenvalue weighted by atomic mass is 10.1. The zero-order valence-corrected chi connectivity index (χ0v) is 7.14. The van der Waals surface area contributed by atoms with E-state index >= 15 is 0 Å². The number of rotatable bonds is 2. The number of likely N-dealkylation sites (tertiary alicyclic amines) is 1. The molecular weight excluding hydrogens is 166 g/mol. The number of carbonyl (C=O) groups excluding carboxylic acids is 1. The van der Waals surface area contributed by atoms with E-state index in [0.717, 1.165) is 13.1 Å². The molecule has 1 heterocycles. The highest BCUT2D eigenvalue weighted by molar-refractivity contribution is 6.61. The van der Waals surface area contributed by atoms with E-state index < -0.39 is 5.43 Å². The van der Waals surface area contributed by atoms with E-state index in [4.69, 9.17) is 11.6 Å². The summed E-state index contributed by atoms with van der Waals surface area (Å²) in [6, 6.07) is 0. The van der Waals surface area contributed by atoms with Crippen LogP contribution >= 0.6 is 11.6 Å². The summed E-state index contributed by atoms with van der Waals surface area (Å²) in [5.41, 5.74) is -0.712. The molecule has 0 aromatic rings. The maximum absolute atomic E-state index is 10.2. The van der Waals surface area contributed by atoms with E-state index in [1.807, 2.05) is 0 Å². The highest BCUT2D eigenvalue weighted by atomic mass is 35.5. The molecule has 0 aromatic carbocycles. The Morgan fingerprint density at radius 3 is 2.55 bits per heavy atom. The summed E-state index contributed by atoms with van der Waals surface area (Å²) in [6.07, 6.45) is 3.67. The van der Waals surface area contributed by atoms with Crippen LogP contribution in [-0.4, -0.2) is 30.1 Å². The molecule has 0 N–H and O–H groups in total. The summed E-state index contributed by atoms with van der Waals surface area (Å²) in [7, 11) is 0. The van der Waals surface area contributed by atoms with Gasteiger partial charge in [0.1, 0.15) is 6.73 Å². The minimum Gasteiger partial charge on any atom is -0.438 e. The zero-order chi connectivity index (χ0) is 8.10. The van der Waals surface area contributed by atoms with Crippen LogP contribution in [-0.2, 0) is 4.74 Å². The first-order valence-electron chi connectivity index (χ1n) is 3.83. The van der Waals surface area contributed by atoms with E-state index in [-0.39, 0.29) is 0 Å². The maximum atomic E-state index is 10.2. The molecule has 0 spiro atoms. The Bertz CT molecular complexity index is 134. The van der Waals surface area contributed by atoms with Crippen molar-refractivity contribution in [3.63, 3.8) is 0 Å². The lowest BCUT2D eigenvalue weighted by molar-refractivity contribution is 0.0722. The van der Waals surface area contributed by atoms with Crippen molar-refractivity contribution in [1.29, 1.82) is 0 Å². The van der Waals surface area contributed by atoms with Crippen LogP contribution in [0, 0.1) is 0 Å². The Morgan fingerprint density at radius 1 is 1.36 bits per heavy atom. The summed E-state index contributed by atoms with van der Waals surface area (Å²) >= 11 is 5.01. The summed E-state index contributed by atoms with van der Waals surface area (Å²) in [6.45, 7) is 2.39. The van der Waals surface area contributed by atoms with E-state index in [2.05, 4.69) is 9.64 Å². The average molecular weight is 178 g/mol. The molecule has 0 aromatic heterocycles. The number of piperidine rings is 1.